The maximum atomic E-state index is 12.4. The quantitative estimate of drug-likeness (QED) is 0.500. The van der Waals surface area contributed by atoms with Crippen LogP contribution in [-0.4, -0.2) is 22.4 Å². The lowest BCUT2D eigenvalue weighted by Gasteiger charge is -2.28. The topological polar surface area (TPSA) is 88.4 Å². The lowest BCUT2D eigenvalue weighted by atomic mass is 10.1. The van der Waals surface area contributed by atoms with Crippen LogP contribution in [0.2, 0.25) is 5.02 Å². The molecule has 142 valence electrons. The molecule has 1 amide bonds. The van der Waals surface area contributed by atoms with Crippen LogP contribution in [0.5, 0.6) is 0 Å². The number of nitro benzene ring substituents is 1. The number of carbonyl (C=O) groups excluding carboxylic acids is 1. The highest BCUT2D eigenvalue weighted by atomic mass is 35.5. The summed E-state index contributed by atoms with van der Waals surface area (Å²) in [6.45, 7) is 1.74. The molecule has 4 rings (SSSR count). The van der Waals surface area contributed by atoms with Gasteiger partial charge in [-0.15, -0.1) is 11.3 Å². The van der Waals surface area contributed by atoms with Crippen molar-refractivity contribution in [2.45, 2.75) is 13.0 Å². The molecule has 1 N–H and O–H groups in total. The fraction of sp³-hybridized carbons (Fsp3) is 0.158. The Kier molecular flexibility index (Phi) is 4.97. The molecule has 0 bridgehead atoms. The van der Waals surface area contributed by atoms with Gasteiger partial charge >= 0.3 is 0 Å². The molecule has 0 saturated heterocycles. The molecule has 0 spiro atoms. The number of thiophene rings is 1. The van der Waals surface area contributed by atoms with E-state index in [0.717, 1.165) is 31.4 Å². The zero-order chi connectivity index (χ0) is 19.7. The van der Waals surface area contributed by atoms with E-state index < -0.39 is 10.8 Å². The second kappa shape index (κ2) is 7.57. The van der Waals surface area contributed by atoms with Crippen molar-refractivity contribution in [3.8, 4) is 0 Å². The smallest absolute Gasteiger partial charge is 0.270 e. The van der Waals surface area contributed by atoms with E-state index in [4.69, 9.17) is 11.6 Å². The molecule has 1 aliphatic rings. The van der Waals surface area contributed by atoms with Gasteiger partial charge in [0.2, 0.25) is 0 Å². The maximum absolute atomic E-state index is 12.4. The fourth-order valence-electron chi connectivity index (χ4n) is 3.09. The minimum absolute atomic E-state index is 0.0242. The summed E-state index contributed by atoms with van der Waals surface area (Å²) < 4.78 is 0. The van der Waals surface area contributed by atoms with Gasteiger partial charge in [0.05, 0.1) is 27.4 Å². The summed E-state index contributed by atoms with van der Waals surface area (Å²) in [6.07, 6.45) is 2.60. The van der Waals surface area contributed by atoms with E-state index in [9.17, 15) is 14.9 Å². The summed E-state index contributed by atoms with van der Waals surface area (Å²) in [4.78, 5) is 30.7. The first-order valence-corrected chi connectivity index (χ1v) is 9.78. The molecule has 1 aromatic carbocycles. The summed E-state index contributed by atoms with van der Waals surface area (Å²) in [7, 11) is 0. The minimum Gasteiger partial charge on any atom is -0.352 e. The molecule has 3 aromatic rings. The van der Waals surface area contributed by atoms with Crippen LogP contribution in [0.15, 0.2) is 48.0 Å². The number of carbonyl (C=O) groups is 1. The number of non-ortho nitro benzene ring substituents is 1. The number of hydrogen-bond donors (Lipinski definition) is 1. The number of nitrogens with one attached hydrogen (secondary N) is 1. The van der Waals surface area contributed by atoms with Gasteiger partial charge in [0.1, 0.15) is 5.82 Å². The van der Waals surface area contributed by atoms with Crippen LogP contribution >= 0.6 is 22.9 Å². The van der Waals surface area contributed by atoms with Crippen LogP contribution in [0.25, 0.3) is 0 Å². The maximum Gasteiger partial charge on any atom is 0.270 e. The van der Waals surface area contributed by atoms with Crippen LogP contribution < -0.4 is 10.2 Å². The third-order valence-corrected chi connectivity index (χ3v) is 5.88. The number of rotatable bonds is 4. The molecule has 28 heavy (non-hydrogen) atoms. The average molecular weight is 415 g/mol. The average Bonchev–Trinajstić information content (AvgIpc) is 3.16. The number of amides is 1. The third kappa shape index (κ3) is 3.69. The van der Waals surface area contributed by atoms with E-state index in [2.05, 4.69) is 26.6 Å². The van der Waals surface area contributed by atoms with Crippen molar-refractivity contribution in [2.75, 3.05) is 16.8 Å². The van der Waals surface area contributed by atoms with Gasteiger partial charge in [-0.3, -0.25) is 14.9 Å². The first-order chi connectivity index (χ1) is 13.5. The number of pyridine rings is 1. The van der Waals surface area contributed by atoms with E-state index in [1.165, 1.54) is 22.6 Å². The first kappa shape index (κ1) is 18.4. The summed E-state index contributed by atoms with van der Waals surface area (Å²) in [6, 6.07) is 9.54. The third-order valence-electron chi connectivity index (χ3n) is 4.55. The molecule has 0 fully saturated rings. The van der Waals surface area contributed by atoms with Crippen molar-refractivity contribution in [3.63, 3.8) is 0 Å². The van der Waals surface area contributed by atoms with Gasteiger partial charge in [0.15, 0.2) is 0 Å². The van der Waals surface area contributed by atoms with Gasteiger partial charge in [-0.2, -0.15) is 0 Å². The molecule has 9 heteroatoms. The van der Waals surface area contributed by atoms with E-state index in [1.807, 2.05) is 6.07 Å². The number of nitrogens with zero attached hydrogens (tertiary/aromatic N) is 3. The van der Waals surface area contributed by atoms with E-state index in [-0.39, 0.29) is 16.3 Å². The number of nitro groups is 1. The normalized spacial score (nSPS) is 13.1. The molecule has 1 aliphatic heterocycles. The second-order valence-corrected chi connectivity index (χ2v) is 7.73. The first-order valence-electron chi connectivity index (χ1n) is 8.53. The zero-order valence-corrected chi connectivity index (χ0v) is 16.2. The van der Waals surface area contributed by atoms with Gasteiger partial charge in [0, 0.05) is 30.1 Å². The monoisotopic (exact) mass is 414 g/mol. The standard InChI is InChI=1S/C19H15ClN4O3S/c20-16-9-14(24(26)27)2-3-15(16)19(25)22-13-1-4-18(21-10-13)23-7-5-17-12(11-23)6-8-28-17/h1-4,6,8-10H,5,7,11H2,(H,22,25). The van der Waals surface area contributed by atoms with Crippen LogP contribution in [0.1, 0.15) is 20.8 Å². The molecule has 0 radical (unpaired) electrons. The highest BCUT2D eigenvalue weighted by Crippen LogP contribution is 2.27. The summed E-state index contributed by atoms with van der Waals surface area (Å²) in [5.41, 5.74) is 1.86. The molecule has 0 saturated carbocycles. The molecule has 0 atom stereocenters. The number of anilines is 2. The van der Waals surface area contributed by atoms with Gasteiger partial charge in [0.25, 0.3) is 11.6 Å². The largest absolute Gasteiger partial charge is 0.352 e. The molecule has 0 unspecified atom stereocenters. The van der Waals surface area contributed by atoms with Crippen molar-refractivity contribution in [1.82, 2.24) is 4.98 Å². The van der Waals surface area contributed by atoms with Crippen LogP contribution in [0.4, 0.5) is 17.2 Å². The van der Waals surface area contributed by atoms with Crippen molar-refractivity contribution >= 4 is 46.0 Å². The highest BCUT2D eigenvalue weighted by molar-refractivity contribution is 7.10. The Balaban J connectivity index is 1.45. The molecule has 3 heterocycles. The number of aromatic nitrogens is 1. The molecule has 2 aromatic heterocycles. The number of fused-ring (bicyclic) bond motifs is 1. The van der Waals surface area contributed by atoms with E-state index in [1.54, 1.807) is 23.6 Å². The zero-order valence-electron chi connectivity index (χ0n) is 14.6. The predicted octanol–water partition coefficient (Wildman–Crippen LogP) is 4.52. The Morgan fingerprint density at radius 2 is 2.14 bits per heavy atom. The molecule has 7 nitrogen and oxygen atoms in total. The Hall–Kier alpha value is -2.97. The Morgan fingerprint density at radius 3 is 2.86 bits per heavy atom. The van der Waals surface area contributed by atoms with Gasteiger partial charge < -0.3 is 10.2 Å². The Labute approximate surface area is 169 Å². The van der Waals surface area contributed by atoms with Crippen LogP contribution in [0.3, 0.4) is 0 Å². The van der Waals surface area contributed by atoms with Gasteiger partial charge in [-0.1, -0.05) is 11.6 Å². The van der Waals surface area contributed by atoms with Crippen molar-refractivity contribution < 1.29 is 9.72 Å². The SMILES string of the molecule is O=C(Nc1ccc(N2CCc3sccc3C2)nc1)c1ccc([N+](=O)[O-])cc1Cl. The van der Waals surface area contributed by atoms with Crippen molar-refractivity contribution in [3.05, 3.63) is 79.1 Å². The lowest BCUT2D eigenvalue weighted by molar-refractivity contribution is -0.384. The summed E-state index contributed by atoms with van der Waals surface area (Å²) >= 11 is 7.80. The van der Waals surface area contributed by atoms with Gasteiger partial charge in [-0.25, -0.2) is 4.98 Å². The predicted molar refractivity (Wildman–Crippen MR) is 109 cm³/mol. The Morgan fingerprint density at radius 1 is 1.29 bits per heavy atom. The lowest BCUT2D eigenvalue weighted by Crippen LogP contribution is -2.30. The van der Waals surface area contributed by atoms with Crippen LogP contribution in [-0.2, 0) is 13.0 Å². The fourth-order valence-corrected chi connectivity index (χ4v) is 4.24. The molecular weight excluding hydrogens is 400 g/mol. The van der Waals surface area contributed by atoms with Crippen molar-refractivity contribution in [1.29, 1.82) is 0 Å². The highest BCUT2D eigenvalue weighted by Gasteiger charge is 2.19. The van der Waals surface area contributed by atoms with E-state index >= 15 is 0 Å². The minimum atomic E-state index is -0.560. The van der Waals surface area contributed by atoms with Crippen LogP contribution in [0, 0.1) is 10.1 Å². The molecule has 0 aliphatic carbocycles. The van der Waals surface area contributed by atoms with Crippen molar-refractivity contribution in [2.24, 2.45) is 0 Å². The number of halogens is 1. The number of benzene rings is 1. The molecular formula is C19H15ClN4O3S. The summed E-state index contributed by atoms with van der Waals surface area (Å²) in [5, 5.41) is 15.6. The Bertz CT molecular complexity index is 1050. The second-order valence-electron chi connectivity index (χ2n) is 6.32. The number of hydrogen-bond acceptors (Lipinski definition) is 6. The summed E-state index contributed by atoms with van der Waals surface area (Å²) in [5.74, 6) is 0.401. The van der Waals surface area contributed by atoms with E-state index in [0.29, 0.717) is 5.69 Å². The van der Waals surface area contributed by atoms with Gasteiger partial charge in [-0.05, 0) is 41.6 Å².